The molecule has 108 valence electrons. The summed E-state index contributed by atoms with van der Waals surface area (Å²) in [4.78, 5) is 13.9. The number of thiophene rings is 1. The second-order valence-electron chi connectivity index (χ2n) is 4.84. The van der Waals surface area contributed by atoms with Gasteiger partial charge >= 0.3 is 0 Å². The van der Waals surface area contributed by atoms with Crippen LogP contribution in [0, 0.1) is 20.8 Å². The molecule has 0 spiro atoms. The molecule has 2 N–H and O–H groups in total. The first-order valence-electron chi connectivity index (χ1n) is 6.54. The van der Waals surface area contributed by atoms with E-state index in [2.05, 4.69) is 15.5 Å². The van der Waals surface area contributed by atoms with Crippen LogP contribution in [0.15, 0.2) is 28.7 Å². The molecule has 0 saturated carbocycles. The highest BCUT2D eigenvalue weighted by Crippen LogP contribution is 2.30. The molecule has 0 atom stereocenters. The van der Waals surface area contributed by atoms with Gasteiger partial charge in [-0.3, -0.25) is 9.89 Å². The molecule has 3 aromatic rings. The van der Waals surface area contributed by atoms with Crippen molar-refractivity contribution in [2.45, 2.75) is 20.8 Å². The van der Waals surface area contributed by atoms with Crippen LogP contribution in [0.25, 0.3) is 10.6 Å². The van der Waals surface area contributed by atoms with Crippen molar-refractivity contribution in [3.8, 4) is 10.6 Å². The van der Waals surface area contributed by atoms with Crippen molar-refractivity contribution < 1.29 is 9.21 Å². The van der Waals surface area contributed by atoms with Gasteiger partial charge in [0.2, 0.25) is 0 Å². The molecule has 0 unspecified atom stereocenters. The molecule has 1 amide bonds. The van der Waals surface area contributed by atoms with Gasteiger partial charge in [-0.1, -0.05) is 0 Å². The summed E-state index contributed by atoms with van der Waals surface area (Å²) in [5.41, 5.74) is 2.36. The molecule has 21 heavy (non-hydrogen) atoms. The summed E-state index contributed by atoms with van der Waals surface area (Å²) in [7, 11) is 0. The van der Waals surface area contributed by atoms with E-state index in [-0.39, 0.29) is 5.91 Å². The number of hydrogen-bond donors (Lipinski definition) is 2. The monoisotopic (exact) mass is 301 g/mol. The van der Waals surface area contributed by atoms with Crippen LogP contribution in [0.3, 0.4) is 0 Å². The van der Waals surface area contributed by atoms with Gasteiger partial charge in [-0.2, -0.15) is 5.10 Å². The smallest absolute Gasteiger partial charge is 0.265 e. The molecule has 3 rings (SSSR count). The zero-order valence-corrected chi connectivity index (χ0v) is 12.8. The van der Waals surface area contributed by atoms with Crippen molar-refractivity contribution in [2.75, 3.05) is 5.32 Å². The third-order valence-electron chi connectivity index (χ3n) is 3.18. The van der Waals surface area contributed by atoms with Gasteiger partial charge in [0.25, 0.3) is 5.91 Å². The van der Waals surface area contributed by atoms with Gasteiger partial charge < -0.3 is 9.73 Å². The molecular weight excluding hydrogens is 286 g/mol. The van der Waals surface area contributed by atoms with Gasteiger partial charge in [-0.05, 0) is 45.0 Å². The maximum atomic E-state index is 12.3. The molecule has 0 aliphatic heterocycles. The molecule has 0 aliphatic rings. The van der Waals surface area contributed by atoms with Crippen LogP contribution >= 0.6 is 11.3 Å². The molecular formula is C15H15N3O2S. The fraction of sp³-hybridized carbons (Fsp3) is 0.200. The van der Waals surface area contributed by atoms with Crippen molar-refractivity contribution in [1.82, 2.24) is 10.2 Å². The van der Waals surface area contributed by atoms with Crippen LogP contribution in [0.2, 0.25) is 0 Å². The van der Waals surface area contributed by atoms with Crippen LogP contribution < -0.4 is 5.32 Å². The Kier molecular flexibility index (Phi) is 3.39. The third kappa shape index (κ3) is 2.62. The summed E-state index contributed by atoms with van der Waals surface area (Å²) in [5.74, 6) is 1.50. The highest BCUT2D eigenvalue weighted by atomic mass is 32.1. The topological polar surface area (TPSA) is 70.9 Å². The lowest BCUT2D eigenvalue weighted by Gasteiger charge is -2.02. The number of H-pyrrole nitrogens is 1. The summed E-state index contributed by atoms with van der Waals surface area (Å²) < 4.78 is 5.57. The van der Waals surface area contributed by atoms with E-state index in [9.17, 15) is 4.79 Å². The highest BCUT2D eigenvalue weighted by molar-refractivity contribution is 7.17. The molecule has 0 aliphatic carbocycles. The van der Waals surface area contributed by atoms with Gasteiger partial charge in [0.05, 0.1) is 26.8 Å². The number of nitrogens with zero attached hydrogens (tertiary/aromatic N) is 1. The summed E-state index contributed by atoms with van der Waals surface area (Å²) in [6, 6.07) is 7.52. The van der Waals surface area contributed by atoms with Crippen molar-refractivity contribution in [3.63, 3.8) is 0 Å². The van der Waals surface area contributed by atoms with Crippen LogP contribution in [0.4, 0.5) is 5.69 Å². The second-order valence-corrected chi connectivity index (χ2v) is 5.92. The quantitative estimate of drug-likeness (QED) is 0.770. The van der Waals surface area contributed by atoms with E-state index in [4.69, 9.17) is 4.42 Å². The van der Waals surface area contributed by atoms with Crippen LogP contribution in [-0.4, -0.2) is 16.1 Å². The largest absolute Gasteiger partial charge is 0.461 e. The molecule has 5 nitrogen and oxygen atoms in total. The van der Waals surface area contributed by atoms with Crippen molar-refractivity contribution in [2.24, 2.45) is 0 Å². The average molecular weight is 301 g/mol. The maximum Gasteiger partial charge on any atom is 0.265 e. The molecule has 0 bridgehead atoms. The number of amides is 1. The molecule has 0 radical (unpaired) electrons. The van der Waals surface area contributed by atoms with Crippen molar-refractivity contribution >= 4 is 22.9 Å². The van der Waals surface area contributed by atoms with E-state index in [1.807, 2.05) is 39.0 Å². The minimum Gasteiger partial charge on any atom is -0.461 e. The number of hydrogen-bond acceptors (Lipinski definition) is 4. The van der Waals surface area contributed by atoms with Crippen LogP contribution in [0.5, 0.6) is 0 Å². The average Bonchev–Trinajstić information content (AvgIpc) is 3.15. The SMILES string of the molecule is Cc1ccc(-c2ccc(C(=O)Nc3c(C)n[nH]c3C)s2)o1. The summed E-state index contributed by atoms with van der Waals surface area (Å²) in [6.45, 7) is 5.63. The lowest BCUT2D eigenvalue weighted by molar-refractivity contribution is 0.103. The molecule has 0 fully saturated rings. The number of rotatable bonds is 3. The summed E-state index contributed by atoms with van der Waals surface area (Å²) in [6.07, 6.45) is 0. The number of carbonyl (C=O) groups is 1. The Balaban J connectivity index is 1.81. The first-order chi connectivity index (χ1) is 10.0. The standard InChI is InChI=1S/C15H15N3O2S/c1-8-4-5-11(20-8)12-6-7-13(21-12)15(19)16-14-9(2)17-18-10(14)3/h4-7H,1-3H3,(H,16,19)(H,17,18). The highest BCUT2D eigenvalue weighted by Gasteiger charge is 2.15. The lowest BCUT2D eigenvalue weighted by atomic mass is 10.3. The predicted molar refractivity (Wildman–Crippen MR) is 82.8 cm³/mol. The number of nitrogens with one attached hydrogen (secondary N) is 2. The minimum atomic E-state index is -0.137. The fourth-order valence-corrected chi connectivity index (χ4v) is 2.93. The van der Waals surface area contributed by atoms with E-state index < -0.39 is 0 Å². The Labute approximate surface area is 126 Å². The van der Waals surface area contributed by atoms with E-state index >= 15 is 0 Å². The summed E-state index contributed by atoms with van der Waals surface area (Å²) in [5, 5.41) is 9.81. The van der Waals surface area contributed by atoms with E-state index in [0.29, 0.717) is 4.88 Å². The number of aromatic nitrogens is 2. The van der Waals surface area contributed by atoms with Gasteiger partial charge in [0.1, 0.15) is 11.5 Å². The normalized spacial score (nSPS) is 10.8. The van der Waals surface area contributed by atoms with Crippen molar-refractivity contribution in [1.29, 1.82) is 0 Å². The maximum absolute atomic E-state index is 12.3. The Morgan fingerprint density at radius 1 is 1.24 bits per heavy atom. The summed E-state index contributed by atoms with van der Waals surface area (Å²) >= 11 is 1.40. The second kappa shape index (κ2) is 5.21. The molecule has 6 heteroatoms. The van der Waals surface area contributed by atoms with Gasteiger partial charge in [0.15, 0.2) is 0 Å². The Bertz CT molecular complexity index is 778. The molecule has 0 saturated heterocycles. The van der Waals surface area contributed by atoms with Gasteiger partial charge in [-0.25, -0.2) is 0 Å². The van der Waals surface area contributed by atoms with E-state index in [1.165, 1.54) is 11.3 Å². The Hall–Kier alpha value is -2.34. The third-order valence-corrected chi connectivity index (χ3v) is 4.28. The Morgan fingerprint density at radius 3 is 2.67 bits per heavy atom. The van der Waals surface area contributed by atoms with E-state index in [1.54, 1.807) is 6.07 Å². The fourth-order valence-electron chi connectivity index (χ4n) is 2.07. The molecule has 3 aromatic heterocycles. The first-order valence-corrected chi connectivity index (χ1v) is 7.36. The van der Waals surface area contributed by atoms with E-state index in [0.717, 1.165) is 33.5 Å². The van der Waals surface area contributed by atoms with Crippen LogP contribution in [-0.2, 0) is 0 Å². The number of anilines is 1. The first kappa shape index (κ1) is 13.6. The van der Waals surface area contributed by atoms with Gasteiger partial charge in [0, 0.05) is 0 Å². The number of furan rings is 1. The molecule has 0 aromatic carbocycles. The number of aromatic amines is 1. The number of aryl methyl sites for hydroxylation is 3. The van der Waals surface area contributed by atoms with Gasteiger partial charge in [-0.15, -0.1) is 11.3 Å². The molecule has 3 heterocycles. The van der Waals surface area contributed by atoms with Crippen LogP contribution in [0.1, 0.15) is 26.8 Å². The zero-order chi connectivity index (χ0) is 15.0. The minimum absolute atomic E-state index is 0.137. The number of carbonyl (C=O) groups excluding carboxylic acids is 1. The Morgan fingerprint density at radius 2 is 2.05 bits per heavy atom. The van der Waals surface area contributed by atoms with Crippen molar-refractivity contribution in [3.05, 3.63) is 46.3 Å². The lowest BCUT2D eigenvalue weighted by Crippen LogP contribution is -2.11. The predicted octanol–water partition coefficient (Wildman–Crippen LogP) is 3.91. The zero-order valence-electron chi connectivity index (χ0n) is 12.0.